The molecule has 1 aromatic heterocycles. The van der Waals surface area contributed by atoms with E-state index in [1.165, 1.54) is 11.8 Å². The summed E-state index contributed by atoms with van der Waals surface area (Å²) in [5, 5.41) is 7.54. The van der Waals surface area contributed by atoms with Gasteiger partial charge in [0.2, 0.25) is 5.91 Å². The first-order chi connectivity index (χ1) is 9.97. The lowest BCUT2D eigenvalue weighted by atomic mass is 10.2. The number of rotatable bonds is 5. The van der Waals surface area contributed by atoms with Crippen LogP contribution in [0.25, 0.3) is 0 Å². The molecule has 0 aliphatic carbocycles. The molecule has 0 unspecified atom stereocenters. The lowest BCUT2D eigenvalue weighted by Crippen LogP contribution is -2.14. The summed E-state index contributed by atoms with van der Waals surface area (Å²) in [4.78, 5) is 11.9. The number of carbonyl (C=O) groups is 1. The van der Waals surface area contributed by atoms with Gasteiger partial charge in [-0.05, 0) is 32.0 Å². The number of aromatic nitrogens is 1. The first-order valence-corrected chi connectivity index (χ1v) is 8.13. The molecule has 0 atom stereocenters. The number of hydrogen-bond acceptors (Lipinski definition) is 4. The predicted molar refractivity (Wildman–Crippen MR) is 87.2 cm³/mol. The zero-order valence-electron chi connectivity index (χ0n) is 11.6. The van der Waals surface area contributed by atoms with Crippen LogP contribution in [0.5, 0.6) is 0 Å². The van der Waals surface area contributed by atoms with E-state index in [9.17, 15) is 4.79 Å². The molecule has 2 rings (SSSR count). The molecule has 1 heterocycles. The Balaban J connectivity index is 1.84. The lowest BCUT2D eigenvalue weighted by molar-refractivity contribution is -0.113. The first kappa shape index (κ1) is 16.2. The van der Waals surface area contributed by atoms with E-state index < -0.39 is 0 Å². The molecule has 21 heavy (non-hydrogen) atoms. The molecule has 0 aliphatic rings. The van der Waals surface area contributed by atoms with Crippen molar-refractivity contribution in [3.8, 4) is 0 Å². The van der Waals surface area contributed by atoms with Crippen molar-refractivity contribution in [2.45, 2.75) is 19.6 Å². The maximum Gasteiger partial charge on any atom is 0.234 e. The second-order valence-corrected chi connectivity index (χ2v) is 6.27. The number of hydrogen-bond donors (Lipinski definition) is 1. The van der Waals surface area contributed by atoms with Crippen LogP contribution in [0.1, 0.15) is 17.0 Å². The van der Waals surface area contributed by atoms with Gasteiger partial charge in [0.15, 0.2) is 0 Å². The van der Waals surface area contributed by atoms with Crippen molar-refractivity contribution in [3.63, 3.8) is 0 Å². The molecule has 2 aromatic rings. The quantitative estimate of drug-likeness (QED) is 0.869. The summed E-state index contributed by atoms with van der Waals surface area (Å²) in [5.41, 5.74) is 2.54. The predicted octanol–water partition coefficient (Wildman–Crippen LogP) is 4.47. The summed E-state index contributed by atoms with van der Waals surface area (Å²) in [6.07, 6.45) is 0. The second kappa shape index (κ2) is 7.20. The number of benzene rings is 1. The zero-order chi connectivity index (χ0) is 15.4. The van der Waals surface area contributed by atoms with E-state index in [-0.39, 0.29) is 5.91 Å². The fourth-order valence-electron chi connectivity index (χ4n) is 1.72. The Hall–Kier alpha value is -1.17. The van der Waals surface area contributed by atoms with Gasteiger partial charge >= 0.3 is 0 Å². The topological polar surface area (TPSA) is 55.1 Å². The zero-order valence-corrected chi connectivity index (χ0v) is 13.9. The number of aryl methyl sites for hydroxylation is 2. The molecule has 0 spiro atoms. The van der Waals surface area contributed by atoms with Gasteiger partial charge in [-0.1, -0.05) is 28.4 Å². The van der Waals surface area contributed by atoms with E-state index in [1.807, 2.05) is 13.8 Å². The number of anilines is 1. The molecule has 112 valence electrons. The molecule has 0 saturated carbocycles. The van der Waals surface area contributed by atoms with Gasteiger partial charge in [0, 0.05) is 17.0 Å². The first-order valence-electron chi connectivity index (χ1n) is 6.21. The number of halogens is 2. The van der Waals surface area contributed by atoms with Crippen molar-refractivity contribution < 1.29 is 9.32 Å². The fourth-order valence-corrected chi connectivity index (χ4v) is 3.00. The maximum absolute atomic E-state index is 11.9. The molecule has 0 aliphatic heterocycles. The van der Waals surface area contributed by atoms with Gasteiger partial charge in [0.1, 0.15) is 5.76 Å². The van der Waals surface area contributed by atoms with Crippen LogP contribution in [-0.4, -0.2) is 16.8 Å². The van der Waals surface area contributed by atoms with E-state index in [1.54, 1.807) is 18.2 Å². The molecule has 1 amide bonds. The third-order valence-electron chi connectivity index (χ3n) is 2.86. The monoisotopic (exact) mass is 344 g/mol. The van der Waals surface area contributed by atoms with E-state index in [0.717, 1.165) is 17.0 Å². The highest BCUT2D eigenvalue weighted by molar-refractivity contribution is 7.99. The van der Waals surface area contributed by atoms with E-state index in [2.05, 4.69) is 10.5 Å². The van der Waals surface area contributed by atoms with Crippen molar-refractivity contribution in [1.29, 1.82) is 0 Å². The van der Waals surface area contributed by atoms with Gasteiger partial charge in [0.25, 0.3) is 0 Å². The Labute approximate surface area is 137 Å². The number of amides is 1. The van der Waals surface area contributed by atoms with Crippen molar-refractivity contribution >= 4 is 46.6 Å². The second-order valence-electron chi connectivity index (χ2n) is 4.47. The van der Waals surface area contributed by atoms with E-state index in [0.29, 0.717) is 27.2 Å². The minimum atomic E-state index is -0.0925. The van der Waals surface area contributed by atoms with Crippen LogP contribution in [-0.2, 0) is 10.5 Å². The van der Waals surface area contributed by atoms with Gasteiger partial charge in [-0.3, -0.25) is 4.79 Å². The Kier molecular flexibility index (Phi) is 5.56. The van der Waals surface area contributed by atoms with Gasteiger partial charge in [-0.15, -0.1) is 11.8 Å². The summed E-state index contributed by atoms with van der Waals surface area (Å²) >= 11 is 13.2. The van der Waals surface area contributed by atoms with Crippen LogP contribution in [0, 0.1) is 13.8 Å². The molecule has 0 saturated heterocycles. The Morgan fingerprint density at radius 2 is 2.10 bits per heavy atom. The fraction of sp³-hybridized carbons (Fsp3) is 0.286. The highest BCUT2D eigenvalue weighted by Gasteiger charge is 2.10. The maximum atomic E-state index is 11.9. The van der Waals surface area contributed by atoms with Crippen LogP contribution >= 0.6 is 35.0 Å². The van der Waals surface area contributed by atoms with Gasteiger partial charge in [-0.2, -0.15) is 0 Å². The molecule has 7 heteroatoms. The van der Waals surface area contributed by atoms with Crippen LogP contribution in [0.3, 0.4) is 0 Å². The van der Waals surface area contributed by atoms with Crippen molar-refractivity contribution in [1.82, 2.24) is 5.16 Å². The number of nitrogens with zero attached hydrogens (tertiary/aromatic N) is 1. The lowest BCUT2D eigenvalue weighted by Gasteiger charge is -2.06. The third-order valence-corrected chi connectivity index (χ3v) is 4.56. The van der Waals surface area contributed by atoms with E-state index in [4.69, 9.17) is 27.7 Å². The van der Waals surface area contributed by atoms with Gasteiger partial charge in [-0.25, -0.2) is 0 Å². The summed E-state index contributed by atoms with van der Waals surface area (Å²) in [7, 11) is 0. The highest BCUT2D eigenvalue weighted by atomic mass is 35.5. The highest BCUT2D eigenvalue weighted by Crippen LogP contribution is 2.25. The summed E-state index contributed by atoms with van der Waals surface area (Å²) in [6.45, 7) is 3.76. The normalized spacial score (nSPS) is 10.7. The number of nitrogens with one attached hydrogen (secondary N) is 1. The average molecular weight is 345 g/mol. The molecule has 0 bridgehead atoms. The number of thioether (sulfide) groups is 1. The minimum absolute atomic E-state index is 0.0925. The van der Waals surface area contributed by atoms with E-state index >= 15 is 0 Å². The molecule has 1 aromatic carbocycles. The van der Waals surface area contributed by atoms with Crippen LogP contribution in [0.15, 0.2) is 22.7 Å². The summed E-state index contributed by atoms with van der Waals surface area (Å²) in [5.74, 6) is 1.73. The minimum Gasteiger partial charge on any atom is -0.361 e. The molecule has 4 nitrogen and oxygen atoms in total. The number of carbonyl (C=O) groups excluding carboxylic acids is 1. The van der Waals surface area contributed by atoms with Crippen LogP contribution < -0.4 is 5.32 Å². The Morgan fingerprint density at radius 1 is 1.33 bits per heavy atom. The molecule has 0 radical (unpaired) electrons. The molecule has 1 N–H and O–H groups in total. The summed E-state index contributed by atoms with van der Waals surface area (Å²) < 4.78 is 5.08. The Bertz CT molecular complexity index is 639. The largest absolute Gasteiger partial charge is 0.361 e. The molecule has 0 fully saturated rings. The Morgan fingerprint density at radius 3 is 2.71 bits per heavy atom. The van der Waals surface area contributed by atoms with Crippen molar-refractivity contribution in [2.75, 3.05) is 11.1 Å². The SMILES string of the molecule is Cc1noc(C)c1CSCC(=O)Nc1ccc(Cl)c(Cl)c1. The van der Waals surface area contributed by atoms with Crippen LogP contribution in [0.2, 0.25) is 10.0 Å². The summed E-state index contributed by atoms with van der Waals surface area (Å²) in [6, 6.07) is 4.99. The van der Waals surface area contributed by atoms with Crippen LogP contribution in [0.4, 0.5) is 5.69 Å². The standard InChI is InChI=1S/C14H14Cl2N2O2S/c1-8-11(9(2)20-18-8)6-21-7-14(19)17-10-3-4-12(15)13(16)5-10/h3-5H,6-7H2,1-2H3,(H,17,19). The molecular weight excluding hydrogens is 331 g/mol. The van der Waals surface area contributed by atoms with Gasteiger partial charge in [0.05, 0.1) is 21.5 Å². The smallest absolute Gasteiger partial charge is 0.234 e. The van der Waals surface area contributed by atoms with Crippen molar-refractivity contribution in [2.24, 2.45) is 0 Å². The van der Waals surface area contributed by atoms with Gasteiger partial charge < -0.3 is 9.84 Å². The molecular formula is C14H14Cl2N2O2S. The van der Waals surface area contributed by atoms with Crippen molar-refractivity contribution in [3.05, 3.63) is 45.3 Å². The third kappa shape index (κ3) is 4.40. The average Bonchev–Trinajstić information content (AvgIpc) is 2.74.